The zero-order chi connectivity index (χ0) is 7.94. The topological polar surface area (TPSA) is 0 Å². The second-order valence-electron chi connectivity index (χ2n) is 3.80. The Morgan fingerprint density at radius 2 is 1.82 bits per heavy atom. The predicted octanol–water partition coefficient (Wildman–Crippen LogP) is 3.92. The Bertz CT molecular complexity index is 113. The Hall–Kier alpha value is -0.260. The lowest BCUT2D eigenvalue weighted by atomic mass is 9.97. The summed E-state index contributed by atoms with van der Waals surface area (Å²) in [7, 11) is 0. The van der Waals surface area contributed by atoms with Crippen molar-refractivity contribution >= 4 is 0 Å². The zero-order valence-electron chi connectivity index (χ0n) is 7.68. The SMILES string of the molecule is CC1C/C=C/CCCCCC1. The highest BCUT2D eigenvalue weighted by atomic mass is 14.1. The first kappa shape index (κ1) is 8.83. The van der Waals surface area contributed by atoms with E-state index in [-0.39, 0.29) is 0 Å². The van der Waals surface area contributed by atoms with E-state index in [4.69, 9.17) is 0 Å². The minimum atomic E-state index is 0.921. The van der Waals surface area contributed by atoms with Crippen LogP contribution < -0.4 is 0 Å². The van der Waals surface area contributed by atoms with Crippen LogP contribution >= 0.6 is 0 Å². The fourth-order valence-corrected chi connectivity index (χ4v) is 1.67. The first-order valence-electron chi connectivity index (χ1n) is 5.04. The van der Waals surface area contributed by atoms with Crippen molar-refractivity contribution < 1.29 is 0 Å². The van der Waals surface area contributed by atoms with Crippen LogP contribution in [0.1, 0.15) is 51.9 Å². The van der Waals surface area contributed by atoms with Crippen LogP contribution in [-0.4, -0.2) is 0 Å². The summed E-state index contributed by atoms with van der Waals surface area (Å²) >= 11 is 0. The largest absolute Gasteiger partial charge is 0.0885 e. The Morgan fingerprint density at radius 3 is 2.73 bits per heavy atom. The fourth-order valence-electron chi connectivity index (χ4n) is 1.67. The fraction of sp³-hybridized carbons (Fsp3) is 0.818. The van der Waals surface area contributed by atoms with Crippen LogP contribution in [0.2, 0.25) is 0 Å². The lowest BCUT2D eigenvalue weighted by molar-refractivity contribution is 0.486. The molecule has 1 unspecified atom stereocenters. The van der Waals surface area contributed by atoms with Crippen molar-refractivity contribution in [3.8, 4) is 0 Å². The minimum Gasteiger partial charge on any atom is -0.0885 e. The Balaban J connectivity index is 2.25. The van der Waals surface area contributed by atoms with Gasteiger partial charge in [0.2, 0.25) is 0 Å². The molecule has 0 spiro atoms. The van der Waals surface area contributed by atoms with Gasteiger partial charge in [0, 0.05) is 0 Å². The van der Waals surface area contributed by atoms with E-state index >= 15 is 0 Å². The van der Waals surface area contributed by atoms with Gasteiger partial charge < -0.3 is 0 Å². The van der Waals surface area contributed by atoms with Crippen LogP contribution in [0, 0.1) is 5.92 Å². The van der Waals surface area contributed by atoms with E-state index in [1.807, 2.05) is 0 Å². The van der Waals surface area contributed by atoms with Gasteiger partial charge in [-0.2, -0.15) is 0 Å². The zero-order valence-corrected chi connectivity index (χ0v) is 7.68. The summed E-state index contributed by atoms with van der Waals surface area (Å²) in [4.78, 5) is 0. The van der Waals surface area contributed by atoms with Gasteiger partial charge in [-0.05, 0) is 25.2 Å². The number of allylic oxidation sites excluding steroid dienone is 2. The molecule has 0 saturated heterocycles. The summed E-state index contributed by atoms with van der Waals surface area (Å²) in [6.45, 7) is 2.37. The van der Waals surface area contributed by atoms with Gasteiger partial charge >= 0.3 is 0 Å². The molecule has 0 amide bonds. The van der Waals surface area contributed by atoms with Crippen molar-refractivity contribution in [1.29, 1.82) is 0 Å². The molecule has 0 aromatic carbocycles. The van der Waals surface area contributed by atoms with Gasteiger partial charge in [0.1, 0.15) is 0 Å². The molecule has 0 nitrogen and oxygen atoms in total. The number of hydrogen-bond donors (Lipinski definition) is 0. The van der Waals surface area contributed by atoms with Crippen molar-refractivity contribution in [2.24, 2.45) is 5.92 Å². The molecule has 1 rings (SSSR count). The average molecular weight is 152 g/mol. The van der Waals surface area contributed by atoms with E-state index in [1.54, 1.807) is 0 Å². The summed E-state index contributed by atoms with van der Waals surface area (Å²) in [6, 6.07) is 0. The van der Waals surface area contributed by atoms with Crippen molar-refractivity contribution in [1.82, 2.24) is 0 Å². The van der Waals surface area contributed by atoms with E-state index < -0.39 is 0 Å². The van der Waals surface area contributed by atoms with Crippen molar-refractivity contribution in [3.63, 3.8) is 0 Å². The molecule has 0 bridgehead atoms. The molecule has 1 aliphatic rings. The molecule has 0 heteroatoms. The highest BCUT2D eigenvalue weighted by molar-refractivity contribution is 4.83. The first-order chi connectivity index (χ1) is 5.39. The molecule has 0 N–H and O–H groups in total. The molecule has 64 valence electrons. The molecular weight excluding hydrogens is 132 g/mol. The van der Waals surface area contributed by atoms with Crippen LogP contribution in [0.3, 0.4) is 0 Å². The van der Waals surface area contributed by atoms with Gasteiger partial charge in [-0.1, -0.05) is 44.8 Å². The van der Waals surface area contributed by atoms with Gasteiger partial charge in [0.15, 0.2) is 0 Å². The standard InChI is InChI=1S/C11H20/c1-11-9-7-5-3-2-4-6-8-10-11/h5,7,11H,2-4,6,8-10H2,1H3/b7-5+. The normalized spacial score (nSPS) is 31.2. The molecule has 0 aromatic heterocycles. The van der Waals surface area contributed by atoms with Crippen molar-refractivity contribution in [2.75, 3.05) is 0 Å². The van der Waals surface area contributed by atoms with Crippen molar-refractivity contribution in [2.45, 2.75) is 51.9 Å². The molecule has 11 heavy (non-hydrogen) atoms. The molecule has 0 saturated carbocycles. The monoisotopic (exact) mass is 152 g/mol. The quantitative estimate of drug-likeness (QED) is 0.461. The van der Waals surface area contributed by atoms with Gasteiger partial charge in [0.05, 0.1) is 0 Å². The Morgan fingerprint density at radius 1 is 1.00 bits per heavy atom. The average Bonchev–Trinajstić information content (AvgIpc) is 2.03. The predicted molar refractivity (Wildman–Crippen MR) is 50.6 cm³/mol. The van der Waals surface area contributed by atoms with Crippen LogP contribution in [0.4, 0.5) is 0 Å². The summed E-state index contributed by atoms with van der Waals surface area (Å²) in [6.07, 6.45) is 14.5. The molecule has 0 heterocycles. The summed E-state index contributed by atoms with van der Waals surface area (Å²) < 4.78 is 0. The van der Waals surface area contributed by atoms with Gasteiger partial charge in [-0.15, -0.1) is 0 Å². The lowest BCUT2D eigenvalue weighted by Gasteiger charge is -2.09. The van der Waals surface area contributed by atoms with Crippen LogP contribution in [0.25, 0.3) is 0 Å². The highest BCUT2D eigenvalue weighted by Gasteiger charge is 2.00. The maximum atomic E-state index is 2.37. The van der Waals surface area contributed by atoms with E-state index in [0.717, 1.165) is 5.92 Å². The maximum absolute atomic E-state index is 2.37. The minimum absolute atomic E-state index is 0.921. The van der Waals surface area contributed by atoms with E-state index in [2.05, 4.69) is 19.1 Å². The summed E-state index contributed by atoms with van der Waals surface area (Å²) in [5.74, 6) is 0.921. The first-order valence-corrected chi connectivity index (χ1v) is 5.04. The smallest absolute Gasteiger partial charge is 0.0325 e. The van der Waals surface area contributed by atoms with Crippen LogP contribution in [-0.2, 0) is 0 Å². The second-order valence-corrected chi connectivity index (χ2v) is 3.80. The maximum Gasteiger partial charge on any atom is -0.0325 e. The molecule has 0 radical (unpaired) electrons. The van der Waals surface area contributed by atoms with Gasteiger partial charge in [-0.25, -0.2) is 0 Å². The third-order valence-corrected chi connectivity index (χ3v) is 2.52. The van der Waals surface area contributed by atoms with E-state index in [9.17, 15) is 0 Å². The van der Waals surface area contributed by atoms with E-state index in [0.29, 0.717) is 0 Å². The van der Waals surface area contributed by atoms with Crippen LogP contribution in [0.15, 0.2) is 12.2 Å². The molecule has 0 fully saturated rings. The summed E-state index contributed by atoms with van der Waals surface area (Å²) in [5, 5.41) is 0. The molecule has 0 aliphatic heterocycles. The molecule has 0 aromatic rings. The van der Waals surface area contributed by atoms with Crippen molar-refractivity contribution in [3.05, 3.63) is 12.2 Å². The third-order valence-electron chi connectivity index (χ3n) is 2.52. The lowest BCUT2D eigenvalue weighted by Crippen LogP contribution is -1.93. The number of rotatable bonds is 0. The number of hydrogen-bond acceptors (Lipinski definition) is 0. The third kappa shape index (κ3) is 4.23. The summed E-state index contributed by atoms with van der Waals surface area (Å²) in [5.41, 5.74) is 0. The molecule has 1 atom stereocenters. The highest BCUT2D eigenvalue weighted by Crippen LogP contribution is 2.16. The molecule has 1 aliphatic carbocycles. The van der Waals surface area contributed by atoms with Gasteiger partial charge in [0.25, 0.3) is 0 Å². The Labute approximate surface area is 70.7 Å². The Kier molecular flexibility index (Phi) is 4.33. The van der Waals surface area contributed by atoms with E-state index in [1.165, 1.54) is 44.9 Å². The second kappa shape index (κ2) is 5.40. The van der Waals surface area contributed by atoms with Gasteiger partial charge in [-0.3, -0.25) is 0 Å². The van der Waals surface area contributed by atoms with Crippen LogP contribution in [0.5, 0.6) is 0 Å². The molecular formula is C11H20.